The number of amides is 2. The Morgan fingerprint density at radius 2 is 1.80 bits per heavy atom. The van der Waals surface area contributed by atoms with Crippen LogP contribution in [0.4, 0.5) is 0 Å². The molecule has 0 aromatic rings. The lowest BCUT2D eigenvalue weighted by Crippen LogP contribution is -2.67. The minimum absolute atomic E-state index is 0.0721. The summed E-state index contributed by atoms with van der Waals surface area (Å²) in [4.78, 5) is 27.2. The average molecular weight is 278 g/mol. The van der Waals surface area contributed by atoms with E-state index in [1.807, 2.05) is 25.7 Å². The Hall–Kier alpha value is -1.06. The molecule has 1 heterocycles. The number of hydrogen-bond acceptors (Lipinski definition) is 2. The topological polar surface area (TPSA) is 49.4 Å². The maximum atomic E-state index is 12.8. The van der Waals surface area contributed by atoms with Crippen molar-refractivity contribution < 1.29 is 9.59 Å². The van der Waals surface area contributed by atoms with Gasteiger partial charge < -0.3 is 10.2 Å². The summed E-state index contributed by atoms with van der Waals surface area (Å²) in [5.74, 6) is 1.40. The zero-order valence-corrected chi connectivity index (χ0v) is 12.8. The van der Waals surface area contributed by atoms with E-state index in [-0.39, 0.29) is 29.3 Å². The maximum absolute atomic E-state index is 12.8. The molecule has 2 saturated carbocycles. The predicted octanol–water partition coefficient (Wildman–Crippen LogP) is 1.94. The first-order chi connectivity index (χ1) is 9.38. The molecule has 0 bridgehead atoms. The molecule has 0 aromatic heterocycles. The first-order valence-electron chi connectivity index (χ1n) is 7.99. The van der Waals surface area contributed by atoms with Crippen LogP contribution in [0.2, 0.25) is 0 Å². The van der Waals surface area contributed by atoms with E-state index in [1.54, 1.807) is 0 Å². The van der Waals surface area contributed by atoms with Crippen molar-refractivity contribution in [3.05, 3.63) is 0 Å². The highest BCUT2D eigenvalue weighted by atomic mass is 16.2. The second-order valence-electron chi connectivity index (χ2n) is 7.85. The van der Waals surface area contributed by atoms with Crippen LogP contribution in [0.1, 0.15) is 52.9 Å². The van der Waals surface area contributed by atoms with Gasteiger partial charge in [0.25, 0.3) is 0 Å². The third-order valence-corrected chi connectivity index (χ3v) is 4.83. The molecule has 1 saturated heterocycles. The Bertz CT molecular complexity index is 419. The fourth-order valence-corrected chi connectivity index (χ4v) is 3.18. The molecule has 4 nitrogen and oxygen atoms in total. The molecule has 2 atom stereocenters. The number of rotatable bonds is 4. The molecular formula is C16H26N2O2. The molecule has 0 radical (unpaired) electrons. The monoisotopic (exact) mass is 278 g/mol. The summed E-state index contributed by atoms with van der Waals surface area (Å²) >= 11 is 0. The SMILES string of the molecule is CC(C)(C)C1NC(=O)C(C2CC2)N(CCC2CC2)C1=O. The predicted molar refractivity (Wildman–Crippen MR) is 77.0 cm³/mol. The van der Waals surface area contributed by atoms with Crippen molar-refractivity contribution in [2.45, 2.75) is 65.0 Å². The highest BCUT2D eigenvalue weighted by molar-refractivity contribution is 5.97. The van der Waals surface area contributed by atoms with Gasteiger partial charge >= 0.3 is 0 Å². The smallest absolute Gasteiger partial charge is 0.246 e. The van der Waals surface area contributed by atoms with Crippen LogP contribution in [0, 0.1) is 17.3 Å². The number of piperazine rings is 1. The Morgan fingerprint density at radius 3 is 2.30 bits per heavy atom. The molecule has 3 aliphatic rings. The second-order valence-corrected chi connectivity index (χ2v) is 7.85. The standard InChI is InChI=1S/C16H26N2O2/c1-16(2,3)13-15(20)18(9-8-10-4-5-10)12(11-6-7-11)14(19)17-13/h10-13H,4-9H2,1-3H3,(H,17,19). The molecule has 0 aromatic carbocycles. The van der Waals surface area contributed by atoms with Crippen molar-refractivity contribution in [2.24, 2.45) is 17.3 Å². The van der Waals surface area contributed by atoms with Gasteiger partial charge in [-0.2, -0.15) is 0 Å². The minimum atomic E-state index is -0.371. The van der Waals surface area contributed by atoms with Crippen LogP contribution < -0.4 is 5.32 Å². The van der Waals surface area contributed by atoms with Crippen LogP contribution in [0.15, 0.2) is 0 Å². The lowest BCUT2D eigenvalue weighted by molar-refractivity contribution is -0.153. The van der Waals surface area contributed by atoms with Gasteiger partial charge in [-0.3, -0.25) is 9.59 Å². The molecular weight excluding hydrogens is 252 g/mol. The number of hydrogen-bond donors (Lipinski definition) is 1. The fraction of sp³-hybridized carbons (Fsp3) is 0.875. The normalized spacial score (nSPS) is 31.4. The summed E-state index contributed by atoms with van der Waals surface area (Å²) in [5, 5.41) is 2.98. The molecule has 1 aliphatic heterocycles. The van der Waals surface area contributed by atoms with Gasteiger partial charge in [0.1, 0.15) is 12.1 Å². The summed E-state index contributed by atoms with van der Waals surface area (Å²) in [5.41, 5.74) is -0.223. The van der Waals surface area contributed by atoms with Gasteiger partial charge in [-0.05, 0) is 36.5 Å². The molecule has 4 heteroatoms. The first kappa shape index (κ1) is 13.9. The fourth-order valence-electron chi connectivity index (χ4n) is 3.18. The summed E-state index contributed by atoms with van der Waals surface area (Å²) in [6, 6.07) is -0.566. The Labute approximate surface area is 121 Å². The molecule has 3 fully saturated rings. The van der Waals surface area contributed by atoms with E-state index in [4.69, 9.17) is 0 Å². The van der Waals surface area contributed by atoms with Crippen molar-refractivity contribution in [1.82, 2.24) is 10.2 Å². The summed E-state index contributed by atoms with van der Waals surface area (Å²) in [6.07, 6.45) is 5.84. The molecule has 20 heavy (non-hydrogen) atoms. The molecule has 1 N–H and O–H groups in total. The van der Waals surface area contributed by atoms with Crippen molar-refractivity contribution in [1.29, 1.82) is 0 Å². The highest BCUT2D eigenvalue weighted by Gasteiger charge is 2.50. The second kappa shape index (κ2) is 4.74. The van der Waals surface area contributed by atoms with E-state index in [1.165, 1.54) is 12.8 Å². The van der Waals surface area contributed by atoms with Crippen LogP contribution in [0.5, 0.6) is 0 Å². The lowest BCUT2D eigenvalue weighted by atomic mass is 9.83. The Balaban J connectivity index is 1.77. The summed E-state index contributed by atoms with van der Waals surface area (Å²) in [6.45, 7) is 6.83. The highest BCUT2D eigenvalue weighted by Crippen LogP contribution is 2.40. The molecule has 2 aliphatic carbocycles. The van der Waals surface area contributed by atoms with E-state index in [0.717, 1.165) is 31.7 Å². The number of carbonyl (C=O) groups is 2. The largest absolute Gasteiger partial charge is 0.342 e. The van der Waals surface area contributed by atoms with Gasteiger partial charge in [-0.25, -0.2) is 0 Å². The van der Waals surface area contributed by atoms with Gasteiger partial charge in [0.05, 0.1) is 0 Å². The lowest BCUT2D eigenvalue weighted by Gasteiger charge is -2.43. The summed E-state index contributed by atoms with van der Waals surface area (Å²) < 4.78 is 0. The zero-order valence-electron chi connectivity index (χ0n) is 12.8. The van der Waals surface area contributed by atoms with E-state index >= 15 is 0 Å². The van der Waals surface area contributed by atoms with Gasteiger partial charge in [-0.1, -0.05) is 33.6 Å². The number of nitrogens with one attached hydrogen (secondary N) is 1. The van der Waals surface area contributed by atoms with Gasteiger partial charge in [0.2, 0.25) is 11.8 Å². The molecule has 112 valence electrons. The van der Waals surface area contributed by atoms with Crippen LogP contribution in [0.3, 0.4) is 0 Å². The van der Waals surface area contributed by atoms with Crippen molar-refractivity contribution in [3.63, 3.8) is 0 Å². The Kier molecular flexibility index (Phi) is 3.30. The van der Waals surface area contributed by atoms with Gasteiger partial charge in [0, 0.05) is 6.54 Å². The third-order valence-electron chi connectivity index (χ3n) is 4.83. The number of carbonyl (C=O) groups excluding carboxylic acids is 2. The zero-order chi connectivity index (χ0) is 14.5. The van der Waals surface area contributed by atoms with Crippen molar-refractivity contribution in [2.75, 3.05) is 6.54 Å². The molecule has 0 spiro atoms. The molecule has 3 rings (SSSR count). The first-order valence-corrected chi connectivity index (χ1v) is 7.99. The van der Waals surface area contributed by atoms with Crippen molar-refractivity contribution in [3.8, 4) is 0 Å². The minimum Gasteiger partial charge on any atom is -0.342 e. The van der Waals surface area contributed by atoms with Gasteiger partial charge in [0.15, 0.2) is 0 Å². The molecule has 2 amide bonds. The van der Waals surface area contributed by atoms with E-state index in [2.05, 4.69) is 5.32 Å². The van der Waals surface area contributed by atoms with Gasteiger partial charge in [-0.15, -0.1) is 0 Å². The van der Waals surface area contributed by atoms with Crippen molar-refractivity contribution >= 4 is 11.8 Å². The van der Waals surface area contributed by atoms with E-state index in [9.17, 15) is 9.59 Å². The van der Waals surface area contributed by atoms with Crippen LogP contribution in [-0.2, 0) is 9.59 Å². The van der Waals surface area contributed by atoms with Crippen LogP contribution in [0.25, 0.3) is 0 Å². The van der Waals surface area contributed by atoms with E-state index < -0.39 is 0 Å². The molecule has 2 unspecified atom stereocenters. The van der Waals surface area contributed by atoms with E-state index in [0.29, 0.717) is 5.92 Å². The Morgan fingerprint density at radius 1 is 1.15 bits per heavy atom. The third kappa shape index (κ3) is 2.70. The maximum Gasteiger partial charge on any atom is 0.246 e. The quantitative estimate of drug-likeness (QED) is 0.854. The van der Waals surface area contributed by atoms with Crippen LogP contribution in [-0.4, -0.2) is 35.3 Å². The number of nitrogens with zero attached hydrogens (tertiary/aromatic N) is 1. The average Bonchev–Trinajstić information content (AvgIpc) is 3.22. The summed E-state index contributed by atoms with van der Waals surface area (Å²) in [7, 11) is 0. The van der Waals surface area contributed by atoms with Crippen LogP contribution >= 0.6 is 0 Å².